The molecule has 0 saturated carbocycles. The van der Waals surface area contributed by atoms with E-state index in [4.69, 9.17) is 24.5 Å². The molecule has 1 N–H and O–H groups in total. The monoisotopic (exact) mass is 553 g/mol. The van der Waals surface area contributed by atoms with Crippen LogP contribution in [0.4, 0.5) is 17.6 Å². The van der Waals surface area contributed by atoms with Crippen LogP contribution in [0.3, 0.4) is 0 Å². The van der Waals surface area contributed by atoms with Gasteiger partial charge in [0, 0.05) is 44.5 Å². The number of imidazole rings is 1. The second kappa shape index (κ2) is 11.1. The fourth-order valence-corrected chi connectivity index (χ4v) is 5.99. The molecule has 1 atom stereocenters. The maximum atomic E-state index is 6.02. The van der Waals surface area contributed by atoms with Gasteiger partial charge in [-0.1, -0.05) is 12.1 Å². The number of rotatable bonds is 7. The Morgan fingerprint density at radius 3 is 2.73 bits per heavy atom. The van der Waals surface area contributed by atoms with Crippen molar-refractivity contribution in [1.29, 1.82) is 0 Å². The van der Waals surface area contributed by atoms with Gasteiger partial charge in [-0.3, -0.25) is 0 Å². The van der Waals surface area contributed by atoms with Crippen molar-refractivity contribution in [3.8, 4) is 0 Å². The maximum absolute atomic E-state index is 6.02. The average Bonchev–Trinajstić information content (AvgIpc) is 3.59. The van der Waals surface area contributed by atoms with Gasteiger partial charge in [0.2, 0.25) is 5.95 Å². The van der Waals surface area contributed by atoms with E-state index in [-0.39, 0.29) is 6.23 Å². The van der Waals surface area contributed by atoms with Gasteiger partial charge in [-0.05, 0) is 56.7 Å². The first kappa shape index (κ1) is 25.8. The number of nitrogens with zero attached hydrogens (tertiary/aromatic N) is 8. The number of aromatic nitrogens is 7. The normalized spacial score (nSPS) is 18.4. The lowest BCUT2D eigenvalue weighted by Crippen LogP contribution is -2.37. The Morgan fingerprint density at radius 2 is 1.90 bits per heavy atom. The van der Waals surface area contributed by atoms with Crippen LogP contribution in [0, 0.1) is 6.92 Å². The third kappa shape index (κ3) is 5.11. The first-order valence-corrected chi connectivity index (χ1v) is 14.4. The summed E-state index contributed by atoms with van der Waals surface area (Å²) < 4.78 is 15.8. The summed E-state index contributed by atoms with van der Waals surface area (Å²) in [6, 6.07) is 10.3. The van der Waals surface area contributed by atoms with E-state index in [9.17, 15) is 0 Å². The molecular formula is C30H35N9O2. The van der Waals surface area contributed by atoms with Crippen LogP contribution < -0.4 is 10.2 Å². The van der Waals surface area contributed by atoms with E-state index in [2.05, 4.69) is 43.0 Å². The second-order valence-electron chi connectivity index (χ2n) is 10.9. The molecule has 0 radical (unpaired) electrons. The number of pyridine rings is 1. The minimum atomic E-state index is 0.00603. The summed E-state index contributed by atoms with van der Waals surface area (Å²) in [7, 11) is 1.78. The Hall–Kier alpha value is -4.09. The van der Waals surface area contributed by atoms with Crippen LogP contribution >= 0.6 is 0 Å². The minimum absolute atomic E-state index is 0.00603. The molecular weight excluding hydrogens is 518 g/mol. The highest BCUT2D eigenvalue weighted by Gasteiger charge is 2.22. The summed E-state index contributed by atoms with van der Waals surface area (Å²) in [5.41, 5.74) is 4.16. The van der Waals surface area contributed by atoms with Gasteiger partial charge in [-0.2, -0.15) is 10.1 Å². The number of fused-ring (bicyclic) bond motifs is 2. The number of hydrogen-bond acceptors (Lipinski definition) is 9. The standard InChI is InChI=1S/C30H35N9O2/c1-20-34-24-18-32-28(35-27-9-12-31-30(36-27)37-13-10-22(40-2)11-14-37)16-26(24)38(20)19-21-6-5-7-25-23(21)17-33-39(25)29-8-3-4-15-41-29/h5-7,9,12,16-18,22,29H,3-4,8,10-11,13-15,19H2,1-2H3,(H,31,32,35,36). The first-order chi connectivity index (χ1) is 20.2. The van der Waals surface area contributed by atoms with Crippen molar-refractivity contribution in [3.63, 3.8) is 0 Å². The average molecular weight is 554 g/mol. The molecule has 212 valence electrons. The number of ether oxygens (including phenoxy) is 2. The van der Waals surface area contributed by atoms with E-state index >= 15 is 0 Å². The van der Waals surface area contributed by atoms with Crippen LogP contribution in [0.2, 0.25) is 0 Å². The molecule has 1 aromatic carbocycles. The summed E-state index contributed by atoms with van der Waals surface area (Å²) in [5.74, 6) is 3.07. The highest BCUT2D eigenvalue weighted by atomic mass is 16.5. The molecule has 0 bridgehead atoms. The molecule has 0 spiro atoms. The van der Waals surface area contributed by atoms with E-state index in [0.29, 0.717) is 24.3 Å². The van der Waals surface area contributed by atoms with E-state index in [0.717, 1.165) is 79.1 Å². The molecule has 11 heteroatoms. The van der Waals surface area contributed by atoms with Crippen molar-refractivity contribution in [2.75, 3.05) is 37.0 Å². The predicted octanol–water partition coefficient (Wildman–Crippen LogP) is 4.99. The molecule has 1 unspecified atom stereocenters. The van der Waals surface area contributed by atoms with Crippen LogP contribution in [-0.2, 0) is 16.0 Å². The molecule has 2 aliphatic heterocycles. The summed E-state index contributed by atoms with van der Waals surface area (Å²) in [6.45, 7) is 5.26. The summed E-state index contributed by atoms with van der Waals surface area (Å²) in [4.78, 5) is 20.9. The van der Waals surface area contributed by atoms with Crippen molar-refractivity contribution < 1.29 is 9.47 Å². The number of piperidine rings is 1. The van der Waals surface area contributed by atoms with Crippen molar-refractivity contribution in [2.45, 2.75) is 57.9 Å². The number of benzene rings is 1. The smallest absolute Gasteiger partial charge is 0.227 e. The number of methoxy groups -OCH3 is 1. The van der Waals surface area contributed by atoms with E-state index in [1.807, 2.05) is 36.1 Å². The third-order valence-corrected chi connectivity index (χ3v) is 8.27. The minimum Gasteiger partial charge on any atom is -0.381 e. The SMILES string of the molecule is COC1CCN(c2nccc(Nc3cc4c(cn3)nc(C)n4Cc3cccc4c3cnn4C3CCCCO3)n2)CC1. The van der Waals surface area contributed by atoms with Crippen LogP contribution in [0.1, 0.15) is 49.7 Å². The lowest BCUT2D eigenvalue weighted by Gasteiger charge is -2.31. The van der Waals surface area contributed by atoms with Gasteiger partial charge in [-0.15, -0.1) is 0 Å². The van der Waals surface area contributed by atoms with E-state index in [1.165, 1.54) is 12.0 Å². The molecule has 2 fully saturated rings. The van der Waals surface area contributed by atoms with E-state index < -0.39 is 0 Å². The third-order valence-electron chi connectivity index (χ3n) is 8.27. The highest BCUT2D eigenvalue weighted by Crippen LogP contribution is 2.29. The van der Waals surface area contributed by atoms with Gasteiger partial charge in [0.15, 0.2) is 6.23 Å². The molecule has 5 aromatic rings. The maximum Gasteiger partial charge on any atom is 0.227 e. The zero-order valence-electron chi connectivity index (χ0n) is 23.5. The molecule has 4 aromatic heterocycles. The van der Waals surface area contributed by atoms with Crippen molar-refractivity contribution in [3.05, 3.63) is 60.3 Å². The lowest BCUT2D eigenvalue weighted by molar-refractivity contribution is -0.0366. The largest absolute Gasteiger partial charge is 0.381 e. The Balaban J connectivity index is 1.14. The molecule has 0 amide bonds. The van der Waals surface area contributed by atoms with Gasteiger partial charge < -0.3 is 24.3 Å². The Kier molecular flexibility index (Phi) is 6.97. The molecule has 0 aliphatic carbocycles. The Bertz CT molecular complexity index is 1670. The summed E-state index contributed by atoms with van der Waals surface area (Å²) >= 11 is 0. The van der Waals surface area contributed by atoms with Gasteiger partial charge >= 0.3 is 0 Å². The van der Waals surface area contributed by atoms with Crippen molar-refractivity contribution >= 4 is 39.5 Å². The molecule has 2 aliphatic rings. The Morgan fingerprint density at radius 1 is 1.00 bits per heavy atom. The number of hydrogen-bond donors (Lipinski definition) is 1. The summed E-state index contributed by atoms with van der Waals surface area (Å²) in [6.07, 6.45) is 11.1. The molecule has 41 heavy (non-hydrogen) atoms. The quantitative estimate of drug-likeness (QED) is 0.298. The van der Waals surface area contributed by atoms with E-state index in [1.54, 1.807) is 13.3 Å². The van der Waals surface area contributed by atoms with Crippen LogP contribution in [0.5, 0.6) is 0 Å². The predicted molar refractivity (Wildman–Crippen MR) is 157 cm³/mol. The Labute approximate surface area is 238 Å². The number of nitrogens with one attached hydrogen (secondary N) is 1. The number of anilines is 3. The zero-order valence-corrected chi connectivity index (χ0v) is 23.5. The second-order valence-corrected chi connectivity index (χ2v) is 10.9. The first-order valence-electron chi connectivity index (χ1n) is 14.4. The summed E-state index contributed by atoms with van der Waals surface area (Å²) in [5, 5.41) is 9.25. The molecule has 2 saturated heterocycles. The molecule has 6 heterocycles. The van der Waals surface area contributed by atoms with Gasteiger partial charge in [0.05, 0.1) is 36.1 Å². The zero-order chi connectivity index (χ0) is 27.8. The van der Waals surface area contributed by atoms with Crippen LogP contribution in [0.15, 0.2) is 48.9 Å². The highest BCUT2D eigenvalue weighted by molar-refractivity contribution is 5.83. The van der Waals surface area contributed by atoms with Gasteiger partial charge in [-0.25, -0.2) is 19.6 Å². The fourth-order valence-electron chi connectivity index (χ4n) is 5.99. The fraction of sp³-hybridized carbons (Fsp3) is 0.433. The van der Waals surface area contributed by atoms with Gasteiger partial charge in [0.1, 0.15) is 23.0 Å². The van der Waals surface area contributed by atoms with Crippen molar-refractivity contribution in [2.24, 2.45) is 0 Å². The lowest BCUT2D eigenvalue weighted by atomic mass is 10.1. The molecule has 7 rings (SSSR count). The topological polar surface area (TPSA) is 108 Å². The van der Waals surface area contributed by atoms with Crippen LogP contribution in [-0.4, -0.2) is 67.2 Å². The molecule has 11 nitrogen and oxygen atoms in total. The van der Waals surface area contributed by atoms with Crippen LogP contribution in [0.25, 0.3) is 21.9 Å². The number of aryl methyl sites for hydroxylation is 1. The van der Waals surface area contributed by atoms with Gasteiger partial charge in [0.25, 0.3) is 0 Å². The van der Waals surface area contributed by atoms with Crippen molar-refractivity contribution in [1.82, 2.24) is 34.3 Å².